The summed E-state index contributed by atoms with van der Waals surface area (Å²) in [6.07, 6.45) is 0. The van der Waals surface area contributed by atoms with E-state index in [2.05, 4.69) is 0 Å². The molecule has 0 heterocycles. The van der Waals surface area contributed by atoms with Crippen molar-refractivity contribution in [2.75, 3.05) is 13.2 Å². The first-order chi connectivity index (χ1) is 7.42. The fourth-order valence-corrected chi connectivity index (χ4v) is 1.95. The molecule has 2 nitrogen and oxygen atoms in total. The van der Waals surface area contributed by atoms with Crippen LogP contribution in [-0.2, 0) is 5.41 Å². The molecule has 3 heteroatoms. The second-order valence-corrected chi connectivity index (χ2v) is 4.98. The summed E-state index contributed by atoms with van der Waals surface area (Å²) in [5.74, 6) is 0.708. The Labute approximate surface area is 102 Å². The highest BCUT2D eigenvalue weighted by Crippen LogP contribution is 2.34. The van der Waals surface area contributed by atoms with Gasteiger partial charge in [0.05, 0.1) is 18.2 Å². The van der Waals surface area contributed by atoms with Gasteiger partial charge in [0.15, 0.2) is 0 Å². The lowest BCUT2D eigenvalue weighted by atomic mass is 9.83. The van der Waals surface area contributed by atoms with Crippen molar-refractivity contribution >= 4 is 11.6 Å². The van der Waals surface area contributed by atoms with E-state index >= 15 is 0 Å². The molecule has 0 aliphatic carbocycles. The van der Waals surface area contributed by atoms with Gasteiger partial charge >= 0.3 is 0 Å². The van der Waals surface area contributed by atoms with E-state index in [1.165, 1.54) is 0 Å². The first kappa shape index (κ1) is 13.3. The van der Waals surface area contributed by atoms with Crippen molar-refractivity contribution in [1.82, 2.24) is 0 Å². The molecule has 90 valence electrons. The van der Waals surface area contributed by atoms with Gasteiger partial charge in [0, 0.05) is 5.41 Å². The summed E-state index contributed by atoms with van der Waals surface area (Å²) in [6.45, 7) is 8.61. The van der Waals surface area contributed by atoms with Gasteiger partial charge in [0.25, 0.3) is 0 Å². The molecule has 0 aliphatic rings. The summed E-state index contributed by atoms with van der Waals surface area (Å²) in [6, 6.07) is 3.82. The summed E-state index contributed by atoms with van der Waals surface area (Å²) < 4.78 is 5.42. The Balaban J connectivity index is 3.20. The number of rotatable bonds is 4. The molecule has 1 rings (SSSR count). The maximum atomic E-state index is 9.36. The molecule has 0 atom stereocenters. The first-order valence-corrected chi connectivity index (χ1v) is 5.84. The van der Waals surface area contributed by atoms with Crippen LogP contribution in [0.15, 0.2) is 12.1 Å². The molecule has 0 saturated carbocycles. The molecule has 0 bridgehead atoms. The maximum absolute atomic E-state index is 9.36. The van der Waals surface area contributed by atoms with Crippen LogP contribution in [0.25, 0.3) is 0 Å². The zero-order chi connectivity index (χ0) is 12.3. The number of aliphatic hydroxyl groups is 1. The SMILES string of the molecule is CCOc1cc(C)c(C(C)(C)CO)cc1Cl. The van der Waals surface area contributed by atoms with Gasteiger partial charge < -0.3 is 9.84 Å². The van der Waals surface area contributed by atoms with Crippen molar-refractivity contribution in [3.05, 3.63) is 28.3 Å². The predicted octanol–water partition coefficient (Wildman–Crippen LogP) is 3.32. The second kappa shape index (κ2) is 5.07. The molecule has 1 aromatic carbocycles. The largest absolute Gasteiger partial charge is 0.492 e. The van der Waals surface area contributed by atoms with Gasteiger partial charge in [-0.3, -0.25) is 0 Å². The average Bonchev–Trinajstić information content (AvgIpc) is 2.23. The van der Waals surface area contributed by atoms with Crippen LogP contribution in [-0.4, -0.2) is 18.3 Å². The Hall–Kier alpha value is -0.730. The number of aryl methyl sites for hydroxylation is 1. The lowest BCUT2D eigenvalue weighted by molar-refractivity contribution is 0.218. The van der Waals surface area contributed by atoms with Crippen molar-refractivity contribution in [2.24, 2.45) is 0 Å². The maximum Gasteiger partial charge on any atom is 0.138 e. The molecule has 0 aliphatic heterocycles. The topological polar surface area (TPSA) is 29.5 Å². The highest BCUT2D eigenvalue weighted by atomic mass is 35.5. The molecule has 0 unspecified atom stereocenters. The van der Waals surface area contributed by atoms with Gasteiger partial charge in [0.2, 0.25) is 0 Å². The Morgan fingerprint density at radius 1 is 1.38 bits per heavy atom. The van der Waals surface area contributed by atoms with E-state index in [9.17, 15) is 5.11 Å². The van der Waals surface area contributed by atoms with Crippen molar-refractivity contribution in [3.63, 3.8) is 0 Å². The molecule has 0 aromatic heterocycles. The van der Waals surface area contributed by atoms with Gasteiger partial charge in [0.1, 0.15) is 5.75 Å². The molecule has 0 saturated heterocycles. The zero-order valence-corrected chi connectivity index (χ0v) is 11.1. The molecule has 1 aromatic rings. The van der Waals surface area contributed by atoms with Crippen molar-refractivity contribution in [3.8, 4) is 5.75 Å². The normalized spacial score (nSPS) is 11.6. The van der Waals surface area contributed by atoms with Crippen molar-refractivity contribution in [2.45, 2.75) is 33.1 Å². The number of benzene rings is 1. The monoisotopic (exact) mass is 242 g/mol. The third-order valence-corrected chi connectivity index (χ3v) is 3.00. The van der Waals surface area contributed by atoms with E-state index in [1.807, 2.05) is 39.8 Å². The smallest absolute Gasteiger partial charge is 0.138 e. The van der Waals surface area contributed by atoms with E-state index in [4.69, 9.17) is 16.3 Å². The van der Waals surface area contributed by atoms with Crippen LogP contribution in [0, 0.1) is 6.92 Å². The Morgan fingerprint density at radius 3 is 2.50 bits per heavy atom. The molecular weight excluding hydrogens is 224 g/mol. The van der Waals surface area contributed by atoms with Crippen LogP contribution < -0.4 is 4.74 Å². The van der Waals surface area contributed by atoms with Gasteiger partial charge in [-0.05, 0) is 37.1 Å². The number of ether oxygens (including phenoxy) is 1. The third-order valence-electron chi connectivity index (χ3n) is 2.70. The Kier molecular flexibility index (Phi) is 4.22. The van der Waals surface area contributed by atoms with E-state index in [1.54, 1.807) is 0 Å². The minimum atomic E-state index is -0.279. The first-order valence-electron chi connectivity index (χ1n) is 5.46. The highest BCUT2D eigenvalue weighted by molar-refractivity contribution is 6.32. The van der Waals surface area contributed by atoms with E-state index in [0.29, 0.717) is 17.4 Å². The summed E-state index contributed by atoms with van der Waals surface area (Å²) in [7, 11) is 0. The summed E-state index contributed by atoms with van der Waals surface area (Å²) in [5.41, 5.74) is 1.87. The molecule has 0 spiro atoms. The molecule has 0 radical (unpaired) electrons. The number of hydrogen-bond donors (Lipinski definition) is 1. The molecule has 1 N–H and O–H groups in total. The summed E-state index contributed by atoms with van der Waals surface area (Å²) >= 11 is 6.14. The molecule has 0 amide bonds. The summed E-state index contributed by atoms with van der Waals surface area (Å²) in [4.78, 5) is 0. The van der Waals surface area contributed by atoms with Crippen molar-refractivity contribution < 1.29 is 9.84 Å². The van der Waals surface area contributed by atoms with Gasteiger partial charge in [-0.25, -0.2) is 0 Å². The average molecular weight is 243 g/mol. The minimum Gasteiger partial charge on any atom is -0.492 e. The van der Waals surface area contributed by atoms with Gasteiger partial charge in [-0.15, -0.1) is 0 Å². The Morgan fingerprint density at radius 2 is 2.00 bits per heavy atom. The lowest BCUT2D eigenvalue weighted by Crippen LogP contribution is -2.23. The van der Waals surface area contributed by atoms with Crippen LogP contribution >= 0.6 is 11.6 Å². The zero-order valence-electron chi connectivity index (χ0n) is 10.3. The minimum absolute atomic E-state index is 0.0954. The number of halogens is 1. The standard InChI is InChI=1S/C13H19ClO2/c1-5-16-12-6-9(2)10(7-11(12)14)13(3,4)8-15/h6-7,15H,5,8H2,1-4H3. The van der Waals surface area contributed by atoms with Gasteiger partial charge in [-0.2, -0.15) is 0 Å². The van der Waals surface area contributed by atoms with Crippen molar-refractivity contribution in [1.29, 1.82) is 0 Å². The van der Waals surface area contributed by atoms with E-state index in [0.717, 1.165) is 11.1 Å². The highest BCUT2D eigenvalue weighted by Gasteiger charge is 2.22. The van der Waals surface area contributed by atoms with Crippen LogP contribution in [0.1, 0.15) is 31.9 Å². The van der Waals surface area contributed by atoms with Gasteiger partial charge in [-0.1, -0.05) is 25.4 Å². The molecule has 0 fully saturated rings. The van der Waals surface area contributed by atoms with E-state index in [-0.39, 0.29) is 12.0 Å². The van der Waals surface area contributed by atoms with Crippen LogP contribution in [0.5, 0.6) is 5.75 Å². The summed E-state index contributed by atoms with van der Waals surface area (Å²) in [5, 5.41) is 9.96. The predicted molar refractivity (Wildman–Crippen MR) is 67.5 cm³/mol. The van der Waals surface area contributed by atoms with Crippen LogP contribution in [0.2, 0.25) is 5.02 Å². The Bertz CT molecular complexity index is 372. The van der Waals surface area contributed by atoms with Crippen LogP contribution in [0.3, 0.4) is 0 Å². The van der Waals surface area contributed by atoms with Crippen LogP contribution in [0.4, 0.5) is 0 Å². The third kappa shape index (κ3) is 2.69. The number of aliphatic hydroxyl groups excluding tert-OH is 1. The second-order valence-electron chi connectivity index (χ2n) is 4.57. The van der Waals surface area contributed by atoms with E-state index < -0.39 is 0 Å². The molecular formula is C13H19ClO2. The quantitative estimate of drug-likeness (QED) is 0.878. The molecule has 16 heavy (non-hydrogen) atoms. The lowest BCUT2D eigenvalue weighted by Gasteiger charge is -2.25. The number of hydrogen-bond acceptors (Lipinski definition) is 2. The fraction of sp³-hybridized carbons (Fsp3) is 0.538. The fourth-order valence-electron chi connectivity index (χ4n) is 1.74.